The lowest BCUT2D eigenvalue weighted by molar-refractivity contribution is -0.116. The van der Waals surface area contributed by atoms with E-state index in [1.165, 1.54) is 0 Å². The van der Waals surface area contributed by atoms with E-state index in [1.54, 1.807) is 0 Å². The molecule has 0 aliphatic rings. The van der Waals surface area contributed by atoms with Crippen molar-refractivity contribution in [1.29, 1.82) is 0 Å². The van der Waals surface area contributed by atoms with Crippen molar-refractivity contribution in [2.24, 2.45) is 0 Å². The van der Waals surface area contributed by atoms with E-state index in [-0.39, 0.29) is 19.1 Å². The Balaban J connectivity index is 1.58. The molecular weight excluding hydrogens is 350 g/mol. The molecule has 4 aromatic rings. The number of nitrogens with one attached hydrogen (secondary N) is 1. The van der Waals surface area contributed by atoms with Crippen LogP contribution in [0.4, 0.5) is 5.69 Å². The molecule has 5 nitrogen and oxygen atoms in total. The van der Waals surface area contributed by atoms with Crippen molar-refractivity contribution in [3.8, 4) is 5.75 Å². The standard InChI is InChI=1S/C23H21N3O2/c1-17-9-5-6-12-19(17)25-23(27)15-26-21-14-8-7-13-20(21)24-22(26)16-28-18-10-3-2-4-11-18/h2-14H,15-16H2,1H3,(H,25,27). The van der Waals surface area contributed by atoms with Gasteiger partial charge >= 0.3 is 0 Å². The van der Waals surface area contributed by atoms with Gasteiger partial charge in [-0.3, -0.25) is 4.79 Å². The quantitative estimate of drug-likeness (QED) is 0.540. The van der Waals surface area contributed by atoms with Crippen molar-refractivity contribution >= 4 is 22.6 Å². The molecule has 5 heteroatoms. The van der Waals surface area contributed by atoms with Crippen LogP contribution >= 0.6 is 0 Å². The summed E-state index contributed by atoms with van der Waals surface area (Å²) in [6.07, 6.45) is 0. The molecule has 3 aromatic carbocycles. The molecule has 1 amide bonds. The molecule has 4 rings (SSSR count). The number of para-hydroxylation sites is 4. The number of carbonyl (C=O) groups is 1. The minimum atomic E-state index is -0.0987. The molecule has 0 atom stereocenters. The number of amides is 1. The molecule has 0 saturated carbocycles. The first-order chi connectivity index (χ1) is 13.7. The molecule has 0 spiro atoms. The highest BCUT2D eigenvalue weighted by molar-refractivity contribution is 5.92. The predicted molar refractivity (Wildman–Crippen MR) is 110 cm³/mol. The average Bonchev–Trinajstić information content (AvgIpc) is 3.06. The van der Waals surface area contributed by atoms with Crippen LogP contribution in [0, 0.1) is 6.92 Å². The number of rotatable bonds is 6. The molecule has 0 bridgehead atoms. The maximum atomic E-state index is 12.7. The number of aromatic nitrogens is 2. The van der Waals surface area contributed by atoms with Gasteiger partial charge in [-0.05, 0) is 42.8 Å². The van der Waals surface area contributed by atoms with Gasteiger partial charge in [0.25, 0.3) is 0 Å². The van der Waals surface area contributed by atoms with Gasteiger partial charge in [-0.1, -0.05) is 48.5 Å². The average molecular weight is 371 g/mol. The number of benzene rings is 3. The van der Waals surface area contributed by atoms with Gasteiger partial charge in [-0.25, -0.2) is 4.98 Å². The summed E-state index contributed by atoms with van der Waals surface area (Å²) in [6, 6.07) is 25.1. The number of hydrogen-bond acceptors (Lipinski definition) is 3. The second-order valence-electron chi connectivity index (χ2n) is 6.57. The van der Waals surface area contributed by atoms with E-state index in [2.05, 4.69) is 10.3 Å². The SMILES string of the molecule is Cc1ccccc1NC(=O)Cn1c(COc2ccccc2)nc2ccccc21. The number of ether oxygens (including phenoxy) is 1. The second-order valence-corrected chi connectivity index (χ2v) is 6.57. The molecule has 140 valence electrons. The molecule has 0 aliphatic carbocycles. The van der Waals surface area contributed by atoms with Crippen LogP contribution in [0.5, 0.6) is 5.75 Å². The maximum Gasteiger partial charge on any atom is 0.244 e. The Bertz CT molecular complexity index is 1100. The lowest BCUT2D eigenvalue weighted by atomic mass is 10.2. The summed E-state index contributed by atoms with van der Waals surface area (Å²) in [4.78, 5) is 17.4. The molecule has 0 fully saturated rings. The minimum Gasteiger partial charge on any atom is -0.486 e. The third-order valence-electron chi connectivity index (χ3n) is 4.57. The van der Waals surface area contributed by atoms with Crippen LogP contribution in [-0.4, -0.2) is 15.5 Å². The summed E-state index contributed by atoms with van der Waals surface area (Å²) in [5.74, 6) is 1.38. The molecular formula is C23H21N3O2. The first-order valence-corrected chi connectivity index (χ1v) is 9.18. The first kappa shape index (κ1) is 17.8. The highest BCUT2D eigenvalue weighted by Crippen LogP contribution is 2.19. The zero-order valence-electron chi connectivity index (χ0n) is 15.6. The van der Waals surface area contributed by atoms with Crippen LogP contribution in [0.3, 0.4) is 0 Å². The predicted octanol–water partition coefficient (Wildman–Crippen LogP) is 4.56. The Hall–Kier alpha value is -3.60. The van der Waals surface area contributed by atoms with Crippen molar-refractivity contribution in [3.05, 3.63) is 90.3 Å². The van der Waals surface area contributed by atoms with Gasteiger partial charge in [-0.15, -0.1) is 0 Å². The fourth-order valence-corrected chi connectivity index (χ4v) is 3.12. The minimum absolute atomic E-state index is 0.0987. The Morgan fingerprint density at radius 2 is 1.68 bits per heavy atom. The summed E-state index contributed by atoms with van der Waals surface area (Å²) in [5.41, 5.74) is 3.60. The zero-order valence-corrected chi connectivity index (χ0v) is 15.6. The zero-order chi connectivity index (χ0) is 19.3. The van der Waals surface area contributed by atoms with Gasteiger partial charge in [0.2, 0.25) is 5.91 Å². The van der Waals surface area contributed by atoms with E-state index >= 15 is 0 Å². The Morgan fingerprint density at radius 3 is 2.50 bits per heavy atom. The second kappa shape index (κ2) is 7.96. The molecule has 0 saturated heterocycles. The van der Waals surface area contributed by atoms with E-state index in [0.29, 0.717) is 5.82 Å². The van der Waals surface area contributed by atoms with Crippen LogP contribution in [0.15, 0.2) is 78.9 Å². The van der Waals surface area contributed by atoms with E-state index in [4.69, 9.17) is 4.74 Å². The van der Waals surface area contributed by atoms with Crippen molar-refractivity contribution in [3.63, 3.8) is 0 Å². The van der Waals surface area contributed by atoms with E-state index in [9.17, 15) is 4.79 Å². The third-order valence-corrected chi connectivity index (χ3v) is 4.57. The topological polar surface area (TPSA) is 56.2 Å². The molecule has 1 aromatic heterocycles. The van der Waals surface area contributed by atoms with E-state index in [1.807, 2.05) is 90.4 Å². The van der Waals surface area contributed by atoms with Crippen LogP contribution in [0.2, 0.25) is 0 Å². The van der Waals surface area contributed by atoms with E-state index < -0.39 is 0 Å². The number of aryl methyl sites for hydroxylation is 1. The largest absolute Gasteiger partial charge is 0.486 e. The third kappa shape index (κ3) is 3.88. The smallest absolute Gasteiger partial charge is 0.244 e. The number of anilines is 1. The summed E-state index contributed by atoms with van der Waals surface area (Å²) >= 11 is 0. The van der Waals surface area contributed by atoms with Gasteiger partial charge in [0.1, 0.15) is 24.7 Å². The number of carbonyl (C=O) groups excluding carboxylic acids is 1. The summed E-state index contributed by atoms with van der Waals surface area (Å²) < 4.78 is 7.77. The Kier molecular flexibility index (Phi) is 5.06. The molecule has 0 unspecified atom stereocenters. The van der Waals surface area contributed by atoms with Gasteiger partial charge in [-0.2, -0.15) is 0 Å². The number of imidazole rings is 1. The molecule has 28 heavy (non-hydrogen) atoms. The van der Waals surface area contributed by atoms with Crippen molar-refractivity contribution < 1.29 is 9.53 Å². The fraction of sp³-hybridized carbons (Fsp3) is 0.130. The fourth-order valence-electron chi connectivity index (χ4n) is 3.12. The van der Waals surface area contributed by atoms with Crippen molar-refractivity contribution in [1.82, 2.24) is 9.55 Å². The normalized spacial score (nSPS) is 10.8. The van der Waals surface area contributed by atoms with E-state index in [0.717, 1.165) is 28.0 Å². The summed E-state index contributed by atoms with van der Waals surface area (Å²) in [7, 11) is 0. The molecule has 0 radical (unpaired) electrons. The monoisotopic (exact) mass is 371 g/mol. The maximum absolute atomic E-state index is 12.7. The number of hydrogen-bond donors (Lipinski definition) is 1. The van der Waals surface area contributed by atoms with Crippen LogP contribution < -0.4 is 10.1 Å². The molecule has 1 heterocycles. The lowest BCUT2D eigenvalue weighted by Gasteiger charge is -2.12. The van der Waals surface area contributed by atoms with Gasteiger partial charge < -0.3 is 14.6 Å². The summed E-state index contributed by atoms with van der Waals surface area (Å²) in [6.45, 7) is 2.43. The number of nitrogens with zero attached hydrogens (tertiary/aromatic N) is 2. The Morgan fingerprint density at radius 1 is 0.964 bits per heavy atom. The lowest BCUT2D eigenvalue weighted by Crippen LogP contribution is -2.21. The molecule has 0 aliphatic heterocycles. The van der Waals surface area contributed by atoms with Gasteiger partial charge in [0.05, 0.1) is 11.0 Å². The van der Waals surface area contributed by atoms with Crippen molar-refractivity contribution in [2.45, 2.75) is 20.1 Å². The highest BCUT2D eigenvalue weighted by atomic mass is 16.5. The van der Waals surface area contributed by atoms with Crippen molar-refractivity contribution in [2.75, 3.05) is 5.32 Å². The first-order valence-electron chi connectivity index (χ1n) is 9.18. The van der Waals surface area contributed by atoms with Gasteiger partial charge in [0.15, 0.2) is 0 Å². The summed E-state index contributed by atoms with van der Waals surface area (Å²) in [5, 5.41) is 2.99. The Labute approximate surface area is 163 Å². The highest BCUT2D eigenvalue weighted by Gasteiger charge is 2.14. The van der Waals surface area contributed by atoms with Crippen LogP contribution in [0.1, 0.15) is 11.4 Å². The molecule has 1 N–H and O–H groups in total. The van der Waals surface area contributed by atoms with Gasteiger partial charge in [0, 0.05) is 5.69 Å². The van der Waals surface area contributed by atoms with Crippen LogP contribution in [0.25, 0.3) is 11.0 Å². The number of fused-ring (bicyclic) bond motifs is 1. The van der Waals surface area contributed by atoms with Crippen LogP contribution in [-0.2, 0) is 17.9 Å².